The smallest absolute Gasteiger partial charge is 0.378 e. The molecule has 0 aromatic carbocycles. The minimum atomic E-state index is -3.10. The molecule has 0 aliphatic heterocycles. The first-order valence-electron chi connectivity index (χ1n) is 3.60. The molecule has 1 aromatic rings. The van der Waals surface area contributed by atoms with Gasteiger partial charge in [-0.05, 0) is 16.0 Å². The summed E-state index contributed by atoms with van der Waals surface area (Å²) in [4.78, 5) is 22.9. The summed E-state index contributed by atoms with van der Waals surface area (Å²) in [5.74, 6) is -2.88. The SMILES string of the molecule is O=C(O)c1c(C(F)F)ccnc1[N+](=O)[O-]. The van der Waals surface area contributed by atoms with E-state index in [0.29, 0.717) is 0 Å². The number of aromatic carboxylic acids is 1. The Labute approximate surface area is 81.3 Å². The van der Waals surface area contributed by atoms with Crippen LogP contribution in [0.4, 0.5) is 14.6 Å². The molecule has 6 nitrogen and oxygen atoms in total. The molecule has 0 aliphatic carbocycles. The largest absolute Gasteiger partial charge is 0.477 e. The zero-order valence-corrected chi connectivity index (χ0v) is 7.05. The van der Waals surface area contributed by atoms with Crippen LogP contribution in [0.25, 0.3) is 0 Å². The first kappa shape index (κ1) is 11.0. The first-order valence-corrected chi connectivity index (χ1v) is 3.60. The second kappa shape index (κ2) is 3.95. The van der Waals surface area contributed by atoms with E-state index < -0.39 is 34.3 Å². The number of hydrogen-bond donors (Lipinski definition) is 1. The maximum Gasteiger partial charge on any atom is 0.378 e. The molecule has 0 bridgehead atoms. The van der Waals surface area contributed by atoms with Gasteiger partial charge in [0.25, 0.3) is 6.43 Å². The highest BCUT2D eigenvalue weighted by Gasteiger charge is 2.29. The van der Waals surface area contributed by atoms with Crippen molar-refractivity contribution < 1.29 is 23.6 Å². The summed E-state index contributed by atoms with van der Waals surface area (Å²) in [7, 11) is 0. The van der Waals surface area contributed by atoms with E-state index in [-0.39, 0.29) is 0 Å². The topological polar surface area (TPSA) is 93.3 Å². The van der Waals surface area contributed by atoms with Crippen molar-refractivity contribution in [1.82, 2.24) is 4.98 Å². The average molecular weight is 218 g/mol. The molecule has 0 spiro atoms. The van der Waals surface area contributed by atoms with Gasteiger partial charge in [0.2, 0.25) is 0 Å². The predicted molar refractivity (Wildman–Crippen MR) is 42.8 cm³/mol. The molecule has 0 atom stereocenters. The van der Waals surface area contributed by atoms with E-state index in [1.807, 2.05) is 0 Å². The van der Waals surface area contributed by atoms with E-state index in [1.54, 1.807) is 0 Å². The Morgan fingerprint density at radius 1 is 1.60 bits per heavy atom. The number of aromatic nitrogens is 1. The summed E-state index contributed by atoms with van der Waals surface area (Å²) in [5.41, 5.74) is -1.98. The number of alkyl halides is 2. The van der Waals surface area contributed by atoms with E-state index in [4.69, 9.17) is 5.11 Å². The molecule has 80 valence electrons. The minimum absolute atomic E-state index is 0.737. The molecule has 8 heteroatoms. The fourth-order valence-electron chi connectivity index (χ4n) is 1.00. The highest BCUT2D eigenvalue weighted by Crippen LogP contribution is 2.27. The third-order valence-corrected chi connectivity index (χ3v) is 1.59. The molecular formula is C7H4F2N2O4. The third-order valence-electron chi connectivity index (χ3n) is 1.59. The number of carbonyl (C=O) groups is 1. The summed E-state index contributed by atoms with van der Waals surface area (Å²) >= 11 is 0. The normalized spacial score (nSPS) is 10.3. The quantitative estimate of drug-likeness (QED) is 0.614. The summed E-state index contributed by atoms with van der Waals surface area (Å²) in [6, 6.07) is 0.737. The van der Waals surface area contributed by atoms with Gasteiger partial charge < -0.3 is 15.2 Å². The Hall–Kier alpha value is -2.12. The van der Waals surface area contributed by atoms with Crippen LogP contribution in [0.5, 0.6) is 0 Å². The van der Waals surface area contributed by atoms with Gasteiger partial charge in [0.1, 0.15) is 6.20 Å². The summed E-state index contributed by atoms with van der Waals surface area (Å²) in [5, 5.41) is 18.9. The monoisotopic (exact) mass is 218 g/mol. The number of rotatable bonds is 3. The minimum Gasteiger partial charge on any atom is -0.477 e. The van der Waals surface area contributed by atoms with Gasteiger partial charge in [-0.2, -0.15) is 0 Å². The first-order chi connectivity index (χ1) is 6.95. The molecule has 0 radical (unpaired) electrons. The molecule has 0 amide bonds. The van der Waals surface area contributed by atoms with Gasteiger partial charge >= 0.3 is 11.8 Å². The van der Waals surface area contributed by atoms with Crippen LogP contribution in [0.3, 0.4) is 0 Å². The number of pyridine rings is 1. The Balaban J connectivity index is 3.48. The lowest BCUT2D eigenvalue weighted by molar-refractivity contribution is -0.390. The molecule has 15 heavy (non-hydrogen) atoms. The van der Waals surface area contributed by atoms with Gasteiger partial charge in [-0.15, -0.1) is 0 Å². The van der Waals surface area contributed by atoms with Gasteiger partial charge in [0, 0.05) is 5.56 Å². The molecular weight excluding hydrogens is 214 g/mol. The van der Waals surface area contributed by atoms with Crippen molar-refractivity contribution in [3.05, 3.63) is 33.5 Å². The van der Waals surface area contributed by atoms with Crippen LogP contribution in [-0.4, -0.2) is 21.0 Å². The summed E-state index contributed by atoms with van der Waals surface area (Å²) in [6.07, 6.45) is -2.33. The molecule has 1 heterocycles. The maximum absolute atomic E-state index is 12.3. The zero-order chi connectivity index (χ0) is 11.6. The fraction of sp³-hybridized carbons (Fsp3) is 0.143. The van der Waals surface area contributed by atoms with Crippen molar-refractivity contribution in [1.29, 1.82) is 0 Å². The van der Waals surface area contributed by atoms with E-state index >= 15 is 0 Å². The molecule has 0 aliphatic rings. The lowest BCUT2D eigenvalue weighted by atomic mass is 10.1. The fourth-order valence-corrected chi connectivity index (χ4v) is 1.00. The number of carboxylic acids is 1. The van der Waals surface area contributed by atoms with Crippen molar-refractivity contribution in [2.75, 3.05) is 0 Å². The van der Waals surface area contributed by atoms with Gasteiger partial charge in [0.15, 0.2) is 5.56 Å². The number of halogens is 2. The van der Waals surface area contributed by atoms with Gasteiger partial charge in [-0.1, -0.05) is 0 Å². The molecule has 1 aromatic heterocycles. The van der Waals surface area contributed by atoms with Crippen molar-refractivity contribution in [3.8, 4) is 0 Å². The second-order valence-corrected chi connectivity index (χ2v) is 2.46. The highest BCUT2D eigenvalue weighted by atomic mass is 19.3. The van der Waals surface area contributed by atoms with E-state index in [1.165, 1.54) is 0 Å². The molecule has 0 saturated carbocycles. The molecule has 1 N–H and O–H groups in total. The number of nitrogens with zero attached hydrogens (tertiary/aromatic N) is 2. The zero-order valence-electron chi connectivity index (χ0n) is 7.05. The van der Waals surface area contributed by atoms with Crippen LogP contribution >= 0.6 is 0 Å². The summed E-state index contributed by atoms with van der Waals surface area (Å²) in [6.45, 7) is 0. The Morgan fingerprint density at radius 3 is 2.60 bits per heavy atom. The standard InChI is InChI=1S/C7H4F2N2O4/c8-5(9)3-1-2-10-6(11(14)15)4(3)7(12)13/h1-2,5H,(H,12,13). The lowest BCUT2D eigenvalue weighted by Gasteiger charge is -2.03. The van der Waals surface area contributed by atoms with Crippen LogP contribution in [0.1, 0.15) is 22.3 Å². The van der Waals surface area contributed by atoms with Crippen LogP contribution in [0, 0.1) is 10.1 Å². The number of nitro groups is 1. The van der Waals surface area contributed by atoms with E-state index in [9.17, 15) is 23.7 Å². The van der Waals surface area contributed by atoms with Crippen molar-refractivity contribution in [2.24, 2.45) is 0 Å². The third kappa shape index (κ3) is 2.03. The van der Waals surface area contributed by atoms with Crippen LogP contribution in [-0.2, 0) is 0 Å². The maximum atomic E-state index is 12.3. The number of carboxylic acid groups (broad SMARTS) is 1. The van der Waals surface area contributed by atoms with Crippen LogP contribution < -0.4 is 0 Å². The molecule has 1 rings (SSSR count). The number of hydrogen-bond acceptors (Lipinski definition) is 4. The van der Waals surface area contributed by atoms with Crippen molar-refractivity contribution in [2.45, 2.75) is 6.43 Å². The molecule has 0 unspecified atom stereocenters. The molecule has 0 saturated heterocycles. The van der Waals surface area contributed by atoms with Crippen LogP contribution in [0.2, 0.25) is 0 Å². The summed E-state index contributed by atoms with van der Waals surface area (Å²) < 4.78 is 24.6. The van der Waals surface area contributed by atoms with E-state index in [2.05, 4.69) is 4.98 Å². The van der Waals surface area contributed by atoms with Gasteiger partial charge in [-0.25, -0.2) is 13.6 Å². The van der Waals surface area contributed by atoms with Crippen molar-refractivity contribution >= 4 is 11.8 Å². The highest BCUT2D eigenvalue weighted by molar-refractivity contribution is 5.93. The second-order valence-electron chi connectivity index (χ2n) is 2.46. The average Bonchev–Trinajstić information content (AvgIpc) is 2.16. The predicted octanol–water partition coefficient (Wildman–Crippen LogP) is 1.63. The Bertz CT molecular complexity index is 421. The lowest BCUT2D eigenvalue weighted by Crippen LogP contribution is -2.09. The van der Waals surface area contributed by atoms with Gasteiger partial charge in [0.05, 0.1) is 0 Å². The van der Waals surface area contributed by atoms with Gasteiger partial charge in [-0.3, -0.25) is 0 Å². The van der Waals surface area contributed by atoms with E-state index in [0.717, 1.165) is 12.3 Å². The molecule has 0 fully saturated rings. The van der Waals surface area contributed by atoms with Crippen LogP contribution in [0.15, 0.2) is 12.3 Å². The Morgan fingerprint density at radius 2 is 2.20 bits per heavy atom. The Kier molecular flexibility index (Phi) is 2.88. The van der Waals surface area contributed by atoms with Crippen molar-refractivity contribution in [3.63, 3.8) is 0 Å².